The summed E-state index contributed by atoms with van der Waals surface area (Å²) < 4.78 is 10.4. The summed E-state index contributed by atoms with van der Waals surface area (Å²) in [6.07, 6.45) is 3.24. The van der Waals surface area contributed by atoms with Gasteiger partial charge in [-0.05, 0) is 54.7 Å². The summed E-state index contributed by atoms with van der Waals surface area (Å²) in [7, 11) is 3.20. The van der Waals surface area contributed by atoms with Gasteiger partial charge in [-0.2, -0.15) is 0 Å². The minimum Gasteiger partial charge on any atom is -0.497 e. The smallest absolute Gasteiger partial charge is 0.230 e. The van der Waals surface area contributed by atoms with Crippen LogP contribution in [0.5, 0.6) is 11.5 Å². The quantitative estimate of drug-likeness (QED) is 0.281. The monoisotopic (exact) mass is 564 g/mol. The molecule has 1 aliphatic rings. The molecule has 4 aromatic rings. The minimum atomic E-state index is -0.148. The number of carbonyl (C=O) groups excluding carboxylic acids is 2. The standard InChI is InChI=1S/C27H28N6O4S2/c1-36-20-7-3-5-16(11-20)13-22(34)28-26-32-30-24(38-26)18-9-10-19(15-18)25-31-33-27(39-25)29-23(35)14-17-6-4-8-21(12-17)37-2/h3-8,11-12,18-19H,9-10,13-15H2,1-2H3,(H,28,32,34)(H,29,33,35). The Kier molecular flexibility index (Phi) is 8.42. The maximum Gasteiger partial charge on any atom is 0.230 e. The van der Waals surface area contributed by atoms with Crippen LogP contribution in [0, 0.1) is 0 Å². The van der Waals surface area contributed by atoms with Crippen molar-refractivity contribution in [1.82, 2.24) is 20.4 Å². The zero-order valence-corrected chi connectivity index (χ0v) is 23.2. The van der Waals surface area contributed by atoms with E-state index in [0.717, 1.165) is 40.4 Å². The van der Waals surface area contributed by atoms with Crippen molar-refractivity contribution in [1.29, 1.82) is 0 Å². The van der Waals surface area contributed by atoms with Crippen LogP contribution < -0.4 is 20.1 Å². The van der Waals surface area contributed by atoms with E-state index in [9.17, 15) is 9.59 Å². The molecule has 39 heavy (non-hydrogen) atoms. The Hall–Kier alpha value is -3.90. The number of aromatic nitrogens is 4. The lowest BCUT2D eigenvalue weighted by atomic mass is 10.1. The average Bonchev–Trinajstić information content (AvgIpc) is 3.70. The molecule has 1 saturated carbocycles. The normalized spacial score (nSPS) is 16.6. The number of anilines is 2. The molecule has 1 fully saturated rings. The van der Waals surface area contributed by atoms with Gasteiger partial charge in [0.25, 0.3) is 0 Å². The fraction of sp³-hybridized carbons (Fsp3) is 0.333. The Morgan fingerprint density at radius 3 is 1.67 bits per heavy atom. The molecule has 2 amide bonds. The molecule has 2 aromatic carbocycles. The first-order valence-corrected chi connectivity index (χ1v) is 14.1. The lowest BCUT2D eigenvalue weighted by Gasteiger charge is -2.06. The Balaban J connectivity index is 1.12. The molecule has 202 valence electrons. The third-order valence-corrected chi connectivity index (χ3v) is 8.51. The number of nitrogens with zero attached hydrogens (tertiary/aromatic N) is 4. The number of ether oxygens (including phenoxy) is 2. The molecule has 0 spiro atoms. The van der Waals surface area contributed by atoms with Crippen LogP contribution in [0.15, 0.2) is 48.5 Å². The van der Waals surface area contributed by atoms with Gasteiger partial charge in [-0.3, -0.25) is 9.59 Å². The Morgan fingerprint density at radius 1 is 0.769 bits per heavy atom. The Bertz CT molecular complexity index is 1350. The van der Waals surface area contributed by atoms with Crippen LogP contribution in [0.1, 0.15) is 52.2 Å². The molecular formula is C27H28N6O4S2. The first-order chi connectivity index (χ1) is 19.0. The first kappa shape index (κ1) is 26.7. The lowest BCUT2D eigenvalue weighted by Crippen LogP contribution is -2.14. The third-order valence-electron chi connectivity index (χ3n) is 6.50. The highest BCUT2D eigenvalue weighted by Crippen LogP contribution is 2.45. The summed E-state index contributed by atoms with van der Waals surface area (Å²) in [5, 5.41) is 25.6. The molecule has 2 N–H and O–H groups in total. The van der Waals surface area contributed by atoms with Crippen molar-refractivity contribution in [2.45, 2.75) is 43.9 Å². The van der Waals surface area contributed by atoms with Crippen LogP contribution in [0.4, 0.5) is 10.3 Å². The van der Waals surface area contributed by atoms with Crippen LogP contribution in [0.25, 0.3) is 0 Å². The summed E-state index contributed by atoms with van der Waals surface area (Å²) in [5.41, 5.74) is 1.73. The molecule has 2 unspecified atom stereocenters. The molecule has 0 saturated heterocycles. The van der Waals surface area contributed by atoms with Gasteiger partial charge in [0, 0.05) is 11.8 Å². The van der Waals surface area contributed by atoms with E-state index in [4.69, 9.17) is 9.47 Å². The summed E-state index contributed by atoms with van der Waals surface area (Å²) >= 11 is 2.83. The van der Waals surface area contributed by atoms with Crippen molar-refractivity contribution in [3.05, 3.63) is 69.7 Å². The number of methoxy groups -OCH3 is 2. The molecule has 0 bridgehead atoms. The number of hydrogen-bond donors (Lipinski definition) is 2. The third kappa shape index (κ3) is 6.95. The largest absolute Gasteiger partial charge is 0.497 e. The second kappa shape index (κ2) is 12.3. The van der Waals surface area contributed by atoms with Gasteiger partial charge < -0.3 is 20.1 Å². The fourth-order valence-electron chi connectivity index (χ4n) is 4.59. The maximum atomic E-state index is 12.5. The lowest BCUT2D eigenvalue weighted by molar-refractivity contribution is -0.116. The van der Waals surface area contributed by atoms with Gasteiger partial charge in [0.05, 0.1) is 27.1 Å². The molecule has 0 radical (unpaired) electrons. The highest BCUT2D eigenvalue weighted by molar-refractivity contribution is 7.15. The second-order valence-corrected chi connectivity index (χ2v) is 11.3. The highest BCUT2D eigenvalue weighted by atomic mass is 32.1. The zero-order valence-electron chi connectivity index (χ0n) is 21.5. The zero-order chi connectivity index (χ0) is 27.2. The molecule has 2 atom stereocenters. The average molecular weight is 565 g/mol. The number of nitrogens with one attached hydrogen (secondary N) is 2. The number of amides is 2. The van der Waals surface area contributed by atoms with E-state index >= 15 is 0 Å². The van der Waals surface area contributed by atoms with Gasteiger partial charge in [0.15, 0.2) is 0 Å². The van der Waals surface area contributed by atoms with E-state index < -0.39 is 0 Å². The SMILES string of the molecule is COc1cccc(CC(=O)Nc2nnc(C3CCC(c4nnc(NC(=O)Cc5cccc(OC)c5)s4)C3)s2)c1. The minimum absolute atomic E-state index is 0.148. The van der Waals surface area contributed by atoms with Crippen molar-refractivity contribution in [3.8, 4) is 11.5 Å². The highest BCUT2D eigenvalue weighted by Gasteiger charge is 2.32. The van der Waals surface area contributed by atoms with Crippen molar-refractivity contribution >= 4 is 44.8 Å². The van der Waals surface area contributed by atoms with Crippen LogP contribution in [0.2, 0.25) is 0 Å². The summed E-state index contributed by atoms with van der Waals surface area (Å²) in [4.78, 5) is 25.0. The number of carbonyl (C=O) groups is 2. The molecule has 2 aromatic heterocycles. The van der Waals surface area contributed by atoms with E-state index in [0.29, 0.717) is 21.8 Å². The second-order valence-electron chi connectivity index (χ2n) is 9.25. The van der Waals surface area contributed by atoms with E-state index in [1.807, 2.05) is 48.5 Å². The molecule has 0 aliphatic heterocycles. The Labute approximate surface area is 233 Å². The van der Waals surface area contributed by atoms with Crippen molar-refractivity contribution in [3.63, 3.8) is 0 Å². The maximum absolute atomic E-state index is 12.5. The summed E-state index contributed by atoms with van der Waals surface area (Å²) in [6, 6.07) is 14.9. The summed E-state index contributed by atoms with van der Waals surface area (Å²) in [6.45, 7) is 0. The van der Waals surface area contributed by atoms with Gasteiger partial charge >= 0.3 is 0 Å². The van der Waals surface area contributed by atoms with Gasteiger partial charge in [0.1, 0.15) is 21.5 Å². The van der Waals surface area contributed by atoms with Gasteiger partial charge in [-0.25, -0.2) is 0 Å². The van der Waals surface area contributed by atoms with Crippen LogP contribution in [-0.4, -0.2) is 46.4 Å². The first-order valence-electron chi connectivity index (χ1n) is 12.5. The van der Waals surface area contributed by atoms with Crippen LogP contribution >= 0.6 is 22.7 Å². The molecule has 2 heterocycles. The van der Waals surface area contributed by atoms with Gasteiger partial charge in [0.2, 0.25) is 22.1 Å². The van der Waals surface area contributed by atoms with Crippen molar-refractivity contribution in [2.24, 2.45) is 0 Å². The van der Waals surface area contributed by atoms with Crippen molar-refractivity contribution in [2.75, 3.05) is 24.9 Å². The topological polar surface area (TPSA) is 128 Å². The van der Waals surface area contributed by atoms with Crippen LogP contribution in [0.3, 0.4) is 0 Å². The molecule has 12 heteroatoms. The molecule has 10 nitrogen and oxygen atoms in total. The van der Waals surface area contributed by atoms with Gasteiger partial charge in [-0.15, -0.1) is 20.4 Å². The van der Waals surface area contributed by atoms with Gasteiger partial charge in [-0.1, -0.05) is 46.9 Å². The van der Waals surface area contributed by atoms with Crippen LogP contribution in [-0.2, 0) is 22.4 Å². The van der Waals surface area contributed by atoms with Crippen molar-refractivity contribution < 1.29 is 19.1 Å². The Morgan fingerprint density at radius 2 is 1.23 bits per heavy atom. The van der Waals surface area contributed by atoms with E-state index in [1.165, 1.54) is 22.7 Å². The number of rotatable bonds is 10. The molecule has 5 rings (SSSR count). The van der Waals surface area contributed by atoms with E-state index in [1.54, 1.807) is 14.2 Å². The van der Waals surface area contributed by atoms with E-state index in [-0.39, 0.29) is 36.5 Å². The molecular weight excluding hydrogens is 536 g/mol. The molecule has 1 aliphatic carbocycles. The fourth-order valence-corrected chi connectivity index (χ4v) is 6.41. The number of hydrogen-bond acceptors (Lipinski definition) is 10. The predicted octanol–water partition coefficient (Wildman–Crippen LogP) is 4.82. The predicted molar refractivity (Wildman–Crippen MR) is 150 cm³/mol. The van der Waals surface area contributed by atoms with E-state index in [2.05, 4.69) is 31.0 Å². The summed E-state index contributed by atoms with van der Waals surface area (Å²) in [5.74, 6) is 1.62. The number of benzene rings is 2.